The first-order valence-electron chi connectivity index (χ1n) is 5.50. The van der Waals surface area contributed by atoms with Gasteiger partial charge in [-0.3, -0.25) is 0 Å². The summed E-state index contributed by atoms with van der Waals surface area (Å²) in [6.45, 7) is 8.44. The third kappa shape index (κ3) is 2.06. The Morgan fingerprint density at radius 3 is 2.31 bits per heavy atom. The molecule has 0 aliphatic heterocycles. The maximum atomic E-state index is 4.20. The lowest BCUT2D eigenvalue weighted by molar-refractivity contribution is 1.36. The quantitative estimate of drug-likeness (QED) is 0.687. The van der Waals surface area contributed by atoms with E-state index in [1.807, 2.05) is 18.2 Å². The highest BCUT2D eigenvalue weighted by Gasteiger charge is 2.04. The molecule has 2 aromatic rings. The number of benzene rings is 2. The highest BCUT2D eigenvalue weighted by atomic mass is 14.1. The molecule has 0 radical (unpaired) electrons. The van der Waals surface area contributed by atoms with Gasteiger partial charge in [-0.15, -0.1) is 0 Å². The van der Waals surface area contributed by atoms with Gasteiger partial charge in [-0.25, -0.2) is 0 Å². The summed E-state index contributed by atoms with van der Waals surface area (Å²) in [5, 5.41) is 0. The number of aryl methyl sites for hydroxylation is 2. The lowest BCUT2D eigenvalue weighted by Gasteiger charge is -2.10. The standard InChI is InChI=1S/C16H16/c1-12-9-10-13(2)16(11-12)14(3)15-7-5-4-6-8-15/h4-11H,3H2,1-2H3. The molecule has 0 amide bonds. The number of hydrogen-bond acceptors (Lipinski definition) is 0. The van der Waals surface area contributed by atoms with E-state index in [4.69, 9.17) is 0 Å². The van der Waals surface area contributed by atoms with Gasteiger partial charge in [0.25, 0.3) is 0 Å². The minimum Gasteiger partial charge on any atom is -0.0905 e. The monoisotopic (exact) mass is 208 g/mol. The molecule has 0 aliphatic carbocycles. The minimum atomic E-state index is 1.10. The van der Waals surface area contributed by atoms with Crippen molar-refractivity contribution in [2.24, 2.45) is 0 Å². The lowest BCUT2D eigenvalue weighted by atomic mass is 9.94. The zero-order valence-corrected chi connectivity index (χ0v) is 9.83. The molecule has 0 nitrogen and oxygen atoms in total. The molecule has 2 aromatic carbocycles. The first-order chi connectivity index (χ1) is 7.68. The molecule has 0 atom stereocenters. The maximum Gasteiger partial charge on any atom is -0.0152 e. The molecule has 0 saturated carbocycles. The van der Waals surface area contributed by atoms with Crippen molar-refractivity contribution < 1.29 is 0 Å². The Morgan fingerprint density at radius 1 is 0.938 bits per heavy atom. The van der Waals surface area contributed by atoms with E-state index in [9.17, 15) is 0 Å². The van der Waals surface area contributed by atoms with E-state index in [2.05, 4.69) is 50.8 Å². The summed E-state index contributed by atoms with van der Waals surface area (Å²) in [5.41, 5.74) is 6.08. The molecule has 0 bridgehead atoms. The normalized spacial score (nSPS) is 10.1. The van der Waals surface area contributed by atoms with E-state index >= 15 is 0 Å². The topological polar surface area (TPSA) is 0 Å². The Bertz CT molecular complexity index is 507. The molecule has 0 unspecified atom stereocenters. The van der Waals surface area contributed by atoms with Gasteiger partial charge in [0.15, 0.2) is 0 Å². The van der Waals surface area contributed by atoms with Gasteiger partial charge in [0.05, 0.1) is 0 Å². The second-order valence-corrected chi connectivity index (χ2v) is 4.16. The molecule has 0 fully saturated rings. The fourth-order valence-electron chi connectivity index (χ4n) is 1.86. The molecule has 16 heavy (non-hydrogen) atoms. The molecular weight excluding hydrogens is 192 g/mol. The van der Waals surface area contributed by atoms with Crippen LogP contribution in [-0.4, -0.2) is 0 Å². The first-order valence-corrected chi connectivity index (χ1v) is 5.50. The third-order valence-electron chi connectivity index (χ3n) is 2.84. The summed E-state index contributed by atoms with van der Waals surface area (Å²) in [6, 6.07) is 16.8. The zero-order chi connectivity index (χ0) is 11.5. The molecule has 0 heterocycles. The van der Waals surface area contributed by atoms with Gasteiger partial charge < -0.3 is 0 Å². The SMILES string of the molecule is C=C(c1ccccc1)c1cc(C)ccc1C. The molecule has 0 N–H and O–H groups in total. The van der Waals surface area contributed by atoms with Gasteiger partial charge in [-0.2, -0.15) is 0 Å². The molecular formula is C16H16. The summed E-state index contributed by atoms with van der Waals surface area (Å²) in [7, 11) is 0. The molecule has 80 valence electrons. The van der Waals surface area contributed by atoms with Crippen LogP contribution in [0.3, 0.4) is 0 Å². The molecule has 0 spiro atoms. The van der Waals surface area contributed by atoms with Crippen LogP contribution in [0.15, 0.2) is 55.1 Å². The summed E-state index contributed by atoms with van der Waals surface area (Å²) in [4.78, 5) is 0. The number of rotatable bonds is 2. The van der Waals surface area contributed by atoms with Crippen molar-refractivity contribution in [2.75, 3.05) is 0 Å². The van der Waals surface area contributed by atoms with Crippen molar-refractivity contribution in [3.63, 3.8) is 0 Å². The molecule has 0 aromatic heterocycles. The lowest BCUT2D eigenvalue weighted by Crippen LogP contribution is -1.90. The summed E-state index contributed by atoms with van der Waals surface area (Å²) < 4.78 is 0. The van der Waals surface area contributed by atoms with Gasteiger partial charge in [-0.1, -0.05) is 60.7 Å². The minimum absolute atomic E-state index is 1.10. The Labute approximate surface area is 97.3 Å². The van der Waals surface area contributed by atoms with Crippen LogP contribution in [0.25, 0.3) is 5.57 Å². The highest BCUT2D eigenvalue weighted by molar-refractivity contribution is 5.79. The Morgan fingerprint density at radius 2 is 1.62 bits per heavy atom. The second kappa shape index (κ2) is 4.36. The van der Waals surface area contributed by atoms with Crippen LogP contribution >= 0.6 is 0 Å². The van der Waals surface area contributed by atoms with Crippen LogP contribution < -0.4 is 0 Å². The van der Waals surface area contributed by atoms with E-state index in [0.29, 0.717) is 0 Å². The van der Waals surface area contributed by atoms with Gasteiger partial charge >= 0.3 is 0 Å². The van der Waals surface area contributed by atoms with Gasteiger partial charge in [0.1, 0.15) is 0 Å². The van der Waals surface area contributed by atoms with Gasteiger partial charge in [0.2, 0.25) is 0 Å². The largest absolute Gasteiger partial charge is 0.0905 e. The zero-order valence-electron chi connectivity index (χ0n) is 9.83. The summed E-state index contributed by atoms with van der Waals surface area (Å²) in [6.07, 6.45) is 0. The van der Waals surface area contributed by atoms with Crippen molar-refractivity contribution in [2.45, 2.75) is 13.8 Å². The van der Waals surface area contributed by atoms with Crippen LogP contribution in [0, 0.1) is 13.8 Å². The fraction of sp³-hybridized carbons (Fsp3) is 0.125. The Balaban J connectivity index is 2.46. The van der Waals surface area contributed by atoms with E-state index < -0.39 is 0 Å². The predicted octanol–water partition coefficient (Wildman–Crippen LogP) is 4.36. The average molecular weight is 208 g/mol. The first kappa shape index (κ1) is 10.7. The predicted molar refractivity (Wildman–Crippen MR) is 70.5 cm³/mol. The Hall–Kier alpha value is -1.82. The number of hydrogen-bond donors (Lipinski definition) is 0. The van der Waals surface area contributed by atoms with E-state index in [1.165, 1.54) is 22.3 Å². The van der Waals surface area contributed by atoms with E-state index in [1.54, 1.807) is 0 Å². The van der Waals surface area contributed by atoms with Crippen LogP contribution in [0.2, 0.25) is 0 Å². The van der Waals surface area contributed by atoms with Crippen LogP contribution in [0.5, 0.6) is 0 Å². The molecule has 0 aliphatic rings. The van der Waals surface area contributed by atoms with Crippen molar-refractivity contribution in [3.05, 3.63) is 77.4 Å². The van der Waals surface area contributed by atoms with Crippen LogP contribution in [0.4, 0.5) is 0 Å². The summed E-state index contributed by atoms with van der Waals surface area (Å²) in [5.74, 6) is 0. The van der Waals surface area contributed by atoms with Crippen molar-refractivity contribution in [3.8, 4) is 0 Å². The second-order valence-electron chi connectivity index (χ2n) is 4.16. The van der Waals surface area contributed by atoms with E-state index in [-0.39, 0.29) is 0 Å². The van der Waals surface area contributed by atoms with Crippen molar-refractivity contribution in [1.29, 1.82) is 0 Å². The average Bonchev–Trinajstić information content (AvgIpc) is 2.32. The van der Waals surface area contributed by atoms with Crippen molar-refractivity contribution >= 4 is 5.57 Å². The van der Waals surface area contributed by atoms with Gasteiger partial charge in [-0.05, 0) is 36.1 Å². The van der Waals surface area contributed by atoms with Gasteiger partial charge in [0, 0.05) is 0 Å². The fourth-order valence-corrected chi connectivity index (χ4v) is 1.86. The third-order valence-corrected chi connectivity index (χ3v) is 2.84. The van der Waals surface area contributed by atoms with Crippen molar-refractivity contribution in [1.82, 2.24) is 0 Å². The van der Waals surface area contributed by atoms with E-state index in [0.717, 1.165) is 5.57 Å². The molecule has 0 heteroatoms. The molecule has 0 saturated heterocycles. The summed E-state index contributed by atoms with van der Waals surface area (Å²) >= 11 is 0. The Kier molecular flexibility index (Phi) is 2.91. The smallest absolute Gasteiger partial charge is 0.0152 e. The highest BCUT2D eigenvalue weighted by Crippen LogP contribution is 2.24. The van der Waals surface area contributed by atoms with Crippen LogP contribution in [0.1, 0.15) is 22.3 Å². The molecule has 2 rings (SSSR count). The van der Waals surface area contributed by atoms with Crippen LogP contribution in [-0.2, 0) is 0 Å². The maximum absolute atomic E-state index is 4.20.